The molecule has 2 heterocycles. The first-order valence-corrected chi connectivity index (χ1v) is 8.54. The lowest BCUT2D eigenvalue weighted by Crippen LogP contribution is -2.17. The number of anilines is 1. The number of H-pyrrole nitrogens is 1. The van der Waals surface area contributed by atoms with Crippen LogP contribution in [0.3, 0.4) is 0 Å². The molecule has 0 atom stereocenters. The fourth-order valence-electron chi connectivity index (χ4n) is 3.01. The van der Waals surface area contributed by atoms with Crippen molar-refractivity contribution in [2.24, 2.45) is 0 Å². The molecule has 4 rings (SSSR count). The first-order chi connectivity index (χ1) is 14.3. The number of alkyl halides is 3. The van der Waals surface area contributed by atoms with Crippen molar-refractivity contribution in [1.29, 1.82) is 0 Å². The van der Waals surface area contributed by atoms with Gasteiger partial charge in [-0.05, 0) is 24.3 Å². The highest BCUT2D eigenvalue weighted by molar-refractivity contribution is 5.85. The highest BCUT2D eigenvalue weighted by atomic mass is 19.4. The molecule has 0 radical (unpaired) electrons. The van der Waals surface area contributed by atoms with Crippen LogP contribution in [0.25, 0.3) is 28.2 Å². The lowest BCUT2D eigenvalue weighted by Gasteiger charge is -2.11. The van der Waals surface area contributed by atoms with Crippen LogP contribution in [0.1, 0.15) is 0 Å². The molecule has 0 unspecified atom stereocenters. The molecule has 0 aliphatic rings. The standard InChI is InChI=1S/C19H14F3N5O3/c1-29-13-8-3-2-7-12(13)27-17-14(24-18(27)28)15(23)25-16(26-17)10-5-4-6-11(9-10)30-19(20,21)22/h2-9H,1H3,(H,24,28)(H2,23,25,26). The van der Waals surface area contributed by atoms with Crippen molar-refractivity contribution >= 4 is 17.0 Å². The number of aromatic amines is 1. The fraction of sp³-hybridized carbons (Fsp3) is 0.105. The molecule has 154 valence electrons. The molecule has 0 aliphatic heterocycles. The normalized spacial score (nSPS) is 11.6. The molecule has 0 aliphatic carbocycles. The third-order valence-electron chi connectivity index (χ3n) is 4.22. The number of nitrogens with zero attached hydrogens (tertiary/aromatic N) is 3. The average molecular weight is 417 g/mol. The van der Waals surface area contributed by atoms with E-state index in [1.807, 2.05) is 0 Å². The Kier molecular flexibility index (Phi) is 4.57. The van der Waals surface area contributed by atoms with Crippen molar-refractivity contribution in [1.82, 2.24) is 19.5 Å². The number of ether oxygens (including phenoxy) is 2. The second kappa shape index (κ2) is 7.10. The first-order valence-electron chi connectivity index (χ1n) is 8.54. The number of nitrogens with one attached hydrogen (secondary N) is 1. The zero-order valence-electron chi connectivity index (χ0n) is 15.4. The minimum Gasteiger partial charge on any atom is -0.495 e. The Hall–Kier alpha value is -4.02. The van der Waals surface area contributed by atoms with Gasteiger partial charge in [-0.3, -0.25) is 0 Å². The number of imidazole rings is 1. The van der Waals surface area contributed by atoms with Crippen LogP contribution >= 0.6 is 0 Å². The van der Waals surface area contributed by atoms with Gasteiger partial charge in [-0.15, -0.1) is 13.2 Å². The number of halogens is 3. The van der Waals surface area contributed by atoms with Gasteiger partial charge in [-0.1, -0.05) is 24.3 Å². The van der Waals surface area contributed by atoms with Crippen LogP contribution in [0.4, 0.5) is 19.0 Å². The quantitative estimate of drug-likeness (QED) is 0.528. The smallest absolute Gasteiger partial charge is 0.495 e. The molecular weight excluding hydrogens is 403 g/mol. The van der Waals surface area contributed by atoms with E-state index in [1.54, 1.807) is 24.3 Å². The maximum absolute atomic E-state index is 12.6. The number of fused-ring (bicyclic) bond motifs is 1. The third kappa shape index (κ3) is 3.52. The van der Waals surface area contributed by atoms with E-state index in [9.17, 15) is 18.0 Å². The molecule has 8 nitrogen and oxygen atoms in total. The summed E-state index contributed by atoms with van der Waals surface area (Å²) in [5.74, 6) is -0.0311. The lowest BCUT2D eigenvalue weighted by atomic mass is 10.2. The topological polar surface area (TPSA) is 108 Å². The monoisotopic (exact) mass is 417 g/mol. The van der Waals surface area contributed by atoms with Crippen molar-refractivity contribution in [3.63, 3.8) is 0 Å². The van der Waals surface area contributed by atoms with E-state index in [1.165, 1.54) is 23.8 Å². The largest absolute Gasteiger partial charge is 0.573 e. The Morgan fingerprint density at radius 1 is 1.10 bits per heavy atom. The van der Waals surface area contributed by atoms with Crippen LogP contribution in [-0.2, 0) is 0 Å². The van der Waals surface area contributed by atoms with Gasteiger partial charge in [-0.2, -0.15) is 0 Å². The van der Waals surface area contributed by atoms with Crippen molar-refractivity contribution in [2.45, 2.75) is 6.36 Å². The highest BCUT2D eigenvalue weighted by Gasteiger charge is 2.31. The summed E-state index contributed by atoms with van der Waals surface area (Å²) >= 11 is 0. The predicted molar refractivity (Wildman–Crippen MR) is 103 cm³/mol. The van der Waals surface area contributed by atoms with Gasteiger partial charge in [0.2, 0.25) is 0 Å². The van der Waals surface area contributed by atoms with Gasteiger partial charge in [0.15, 0.2) is 17.3 Å². The van der Waals surface area contributed by atoms with E-state index in [-0.39, 0.29) is 28.4 Å². The van der Waals surface area contributed by atoms with Crippen molar-refractivity contribution in [3.05, 3.63) is 59.0 Å². The molecule has 11 heteroatoms. The van der Waals surface area contributed by atoms with Crippen LogP contribution in [0.5, 0.6) is 11.5 Å². The summed E-state index contributed by atoms with van der Waals surface area (Å²) in [6.07, 6.45) is -4.84. The molecular formula is C19H14F3N5O3. The maximum atomic E-state index is 12.6. The van der Waals surface area contributed by atoms with Gasteiger partial charge in [0, 0.05) is 5.56 Å². The van der Waals surface area contributed by atoms with Crippen LogP contribution in [0.2, 0.25) is 0 Å². The van der Waals surface area contributed by atoms with Crippen molar-refractivity contribution in [3.8, 4) is 28.6 Å². The molecule has 4 aromatic rings. The zero-order chi connectivity index (χ0) is 21.5. The molecule has 0 amide bonds. The van der Waals surface area contributed by atoms with Crippen LogP contribution in [0, 0.1) is 0 Å². The molecule has 0 saturated carbocycles. The SMILES string of the molecule is COc1ccccc1-n1c(=O)[nH]c2c(N)nc(-c3cccc(OC(F)(F)F)c3)nc21. The minimum absolute atomic E-state index is 0.0234. The van der Waals surface area contributed by atoms with Crippen molar-refractivity contribution < 1.29 is 22.6 Å². The zero-order valence-corrected chi connectivity index (χ0v) is 15.4. The number of hydrogen-bond acceptors (Lipinski definition) is 6. The van der Waals surface area contributed by atoms with Gasteiger partial charge in [0.1, 0.15) is 17.0 Å². The number of aromatic nitrogens is 4. The lowest BCUT2D eigenvalue weighted by molar-refractivity contribution is -0.274. The fourth-order valence-corrected chi connectivity index (χ4v) is 3.01. The highest BCUT2D eigenvalue weighted by Crippen LogP contribution is 2.29. The number of rotatable bonds is 4. The molecule has 0 spiro atoms. The maximum Gasteiger partial charge on any atom is 0.573 e. The van der Waals surface area contributed by atoms with Crippen molar-refractivity contribution in [2.75, 3.05) is 12.8 Å². The number of nitrogens with two attached hydrogens (primary N) is 1. The number of methoxy groups -OCH3 is 1. The number of para-hydroxylation sites is 2. The molecule has 30 heavy (non-hydrogen) atoms. The first kappa shape index (κ1) is 19.3. The summed E-state index contributed by atoms with van der Waals surface area (Å²) in [5.41, 5.74) is 6.44. The van der Waals surface area contributed by atoms with E-state index in [4.69, 9.17) is 10.5 Å². The van der Waals surface area contributed by atoms with Gasteiger partial charge in [0.05, 0.1) is 12.8 Å². The second-order valence-electron chi connectivity index (χ2n) is 6.14. The summed E-state index contributed by atoms with van der Waals surface area (Å²) in [6, 6.07) is 11.9. The van der Waals surface area contributed by atoms with Crippen LogP contribution in [-0.4, -0.2) is 33.0 Å². The van der Waals surface area contributed by atoms with Gasteiger partial charge < -0.3 is 20.2 Å². The summed E-state index contributed by atoms with van der Waals surface area (Å²) < 4.78 is 48.1. The third-order valence-corrected chi connectivity index (χ3v) is 4.22. The molecule has 0 fully saturated rings. The van der Waals surface area contributed by atoms with E-state index in [2.05, 4.69) is 19.7 Å². The van der Waals surface area contributed by atoms with E-state index < -0.39 is 17.8 Å². The molecule has 0 bridgehead atoms. The van der Waals surface area contributed by atoms with Gasteiger partial charge >= 0.3 is 12.1 Å². The molecule has 3 N–H and O–H groups in total. The Balaban J connectivity index is 1.91. The Morgan fingerprint density at radius 3 is 2.60 bits per heavy atom. The molecule has 0 saturated heterocycles. The minimum atomic E-state index is -4.84. The predicted octanol–water partition coefficient (Wildman–Crippen LogP) is 3.27. The Bertz CT molecular complexity index is 1300. The van der Waals surface area contributed by atoms with E-state index >= 15 is 0 Å². The summed E-state index contributed by atoms with van der Waals surface area (Å²) in [6.45, 7) is 0. The van der Waals surface area contributed by atoms with Gasteiger partial charge in [0.25, 0.3) is 0 Å². The molecule has 2 aromatic carbocycles. The number of hydrogen-bond donors (Lipinski definition) is 2. The number of nitrogen functional groups attached to an aromatic ring is 1. The molecule has 2 aromatic heterocycles. The summed E-state index contributed by atoms with van der Waals surface area (Å²) in [7, 11) is 1.46. The summed E-state index contributed by atoms with van der Waals surface area (Å²) in [5, 5.41) is 0. The average Bonchev–Trinajstić information content (AvgIpc) is 3.03. The van der Waals surface area contributed by atoms with Crippen LogP contribution in [0.15, 0.2) is 53.3 Å². The Labute approximate surface area is 166 Å². The number of benzene rings is 2. The van der Waals surface area contributed by atoms with E-state index in [0.717, 1.165) is 12.1 Å². The van der Waals surface area contributed by atoms with Crippen LogP contribution < -0.4 is 20.9 Å². The summed E-state index contributed by atoms with van der Waals surface area (Å²) in [4.78, 5) is 23.7. The van der Waals surface area contributed by atoms with Gasteiger partial charge in [-0.25, -0.2) is 19.3 Å². The Morgan fingerprint density at radius 2 is 1.87 bits per heavy atom. The van der Waals surface area contributed by atoms with E-state index in [0.29, 0.717) is 11.4 Å². The second-order valence-corrected chi connectivity index (χ2v) is 6.14.